The minimum absolute atomic E-state index is 0.0291. The summed E-state index contributed by atoms with van der Waals surface area (Å²) in [6.45, 7) is 2.65. The number of unbranched alkanes of at least 4 members (excludes halogenated alkanes) is 15. The first-order valence-electron chi connectivity index (χ1n) is 15.0. The third-order valence-corrected chi connectivity index (χ3v) is 6.75. The molecule has 0 fully saturated rings. The summed E-state index contributed by atoms with van der Waals surface area (Å²) in [5.41, 5.74) is 2.27. The van der Waals surface area contributed by atoms with Gasteiger partial charge in [-0.2, -0.15) is 5.26 Å². The average molecular weight is 521 g/mol. The summed E-state index contributed by atoms with van der Waals surface area (Å²) >= 11 is 0. The standard InChI is InChI=1S/C34H52N2O2/c1-4-5-6-7-8-9-10-11-12-13-14-15-16-17-18-22-29-38-34(37)32(30-35)24-21-19-20-23-31-25-27-33(28-26-31)36(2)3/h19-21,23-28H,4-18,22,29H2,1-3H3. The normalized spacial score (nSPS) is 11.8. The highest BCUT2D eigenvalue weighted by Gasteiger charge is 2.08. The first-order chi connectivity index (χ1) is 18.6. The third kappa shape index (κ3) is 17.6. The van der Waals surface area contributed by atoms with Gasteiger partial charge in [-0.25, -0.2) is 4.79 Å². The number of benzene rings is 1. The fourth-order valence-corrected chi connectivity index (χ4v) is 4.31. The summed E-state index contributed by atoms with van der Waals surface area (Å²) < 4.78 is 5.29. The highest BCUT2D eigenvalue weighted by Crippen LogP contribution is 2.15. The second-order valence-corrected chi connectivity index (χ2v) is 10.4. The topological polar surface area (TPSA) is 53.3 Å². The van der Waals surface area contributed by atoms with Gasteiger partial charge in [0, 0.05) is 19.8 Å². The number of hydrogen-bond donors (Lipinski definition) is 0. The molecule has 0 bridgehead atoms. The maximum Gasteiger partial charge on any atom is 0.348 e. The number of anilines is 1. The molecule has 0 spiro atoms. The van der Waals surface area contributed by atoms with E-state index in [1.165, 1.54) is 96.0 Å². The van der Waals surface area contributed by atoms with Crippen LogP contribution in [0.4, 0.5) is 5.69 Å². The van der Waals surface area contributed by atoms with E-state index in [-0.39, 0.29) is 5.57 Å². The number of allylic oxidation sites excluding steroid dienone is 4. The molecule has 0 aromatic heterocycles. The molecule has 4 nitrogen and oxygen atoms in total. The summed E-state index contributed by atoms with van der Waals surface area (Å²) in [4.78, 5) is 14.2. The molecule has 38 heavy (non-hydrogen) atoms. The van der Waals surface area contributed by atoms with Crippen LogP contribution in [0.5, 0.6) is 0 Å². The van der Waals surface area contributed by atoms with Crippen LogP contribution in [0.2, 0.25) is 0 Å². The molecule has 0 amide bonds. The van der Waals surface area contributed by atoms with E-state index in [2.05, 4.69) is 24.0 Å². The smallest absolute Gasteiger partial charge is 0.348 e. The molecular formula is C34H52N2O2. The number of nitriles is 1. The van der Waals surface area contributed by atoms with Crippen molar-refractivity contribution < 1.29 is 9.53 Å². The average Bonchev–Trinajstić information content (AvgIpc) is 2.92. The van der Waals surface area contributed by atoms with Crippen LogP contribution in [0.25, 0.3) is 6.08 Å². The van der Waals surface area contributed by atoms with Crippen molar-refractivity contribution >= 4 is 17.7 Å². The predicted molar refractivity (Wildman–Crippen MR) is 163 cm³/mol. The number of hydrogen-bond acceptors (Lipinski definition) is 4. The van der Waals surface area contributed by atoms with Crippen molar-refractivity contribution in [3.05, 3.63) is 59.7 Å². The summed E-state index contributed by atoms with van der Waals surface area (Å²) in [5, 5.41) is 9.27. The number of carbonyl (C=O) groups is 1. The van der Waals surface area contributed by atoms with Gasteiger partial charge in [-0.15, -0.1) is 0 Å². The fourth-order valence-electron chi connectivity index (χ4n) is 4.31. The first-order valence-corrected chi connectivity index (χ1v) is 15.0. The fraction of sp³-hybridized carbons (Fsp3) is 0.588. The van der Waals surface area contributed by atoms with Gasteiger partial charge in [-0.05, 0) is 30.2 Å². The van der Waals surface area contributed by atoms with E-state index in [1.54, 1.807) is 12.2 Å². The van der Waals surface area contributed by atoms with Crippen molar-refractivity contribution in [2.75, 3.05) is 25.6 Å². The highest BCUT2D eigenvalue weighted by molar-refractivity contribution is 5.93. The minimum Gasteiger partial charge on any atom is -0.462 e. The molecule has 0 N–H and O–H groups in total. The van der Waals surface area contributed by atoms with Gasteiger partial charge in [-0.1, -0.05) is 140 Å². The Balaban J connectivity index is 2.05. The SMILES string of the molecule is CCCCCCCCCCCCCCCCCCOC(=O)C(C#N)=CC=CC=Cc1ccc(N(C)C)cc1. The Hall–Kier alpha value is -2.80. The number of rotatable bonds is 22. The Kier molecular flexibility index (Phi) is 20.4. The molecule has 0 aliphatic carbocycles. The third-order valence-electron chi connectivity index (χ3n) is 6.75. The van der Waals surface area contributed by atoms with E-state index in [0.29, 0.717) is 6.61 Å². The van der Waals surface area contributed by atoms with Gasteiger partial charge in [0.15, 0.2) is 0 Å². The lowest BCUT2D eigenvalue weighted by Gasteiger charge is -2.11. The molecule has 0 heterocycles. The maximum absolute atomic E-state index is 12.1. The molecule has 1 aromatic carbocycles. The van der Waals surface area contributed by atoms with Crippen LogP contribution >= 0.6 is 0 Å². The maximum atomic E-state index is 12.1. The molecule has 0 saturated carbocycles. The molecule has 4 heteroatoms. The zero-order valence-electron chi connectivity index (χ0n) is 24.4. The van der Waals surface area contributed by atoms with Crippen molar-refractivity contribution in [1.29, 1.82) is 5.26 Å². The Labute approximate surface area is 233 Å². The molecule has 210 valence electrons. The van der Waals surface area contributed by atoms with Crippen LogP contribution in [-0.2, 0) is 9.53 Å². The predicted octanol–water partition coefficient (Wildman–Crippen LogP) is 9.58. The van der Waals surface area contributed by atoms with Gasteiger partial charge in [0.05, 0.1) is 6.61 Å². The molecule has 0 atom stereocenters. The van der Waals surface area contributed by atoms with Crippen molar-refractivity contribution in [3.8, 4) is 6.07 Å². The van der Waals surface area contributed by atoms with Crippen molar-refractivity contribution in [2.45, 2.75) is 110 Å². The number of ether oxygens (including phenoxy) is 1. The molecule has 1 rings (SSSR count). The molecule has 0 radical (unpaired) electrons. The van der Waals surface area contributed by atoms with Crippen LogP contribution in [-0.4, -0.2) is 26.7 Å². The van der Waals surface area contributed by atoms with Gasteiger partial charge in [0.1, 0.15) is 11.6 Å². The lowest BCUT2D eigenvalue weighted by Crippen LogP contribution is -2.07. The lowest BCUT2D eigenvalue weighted by molar-refractivity contribution is -0.138. The summed E-state index contributed by atoms with van der Waals surface area (Å²) in [5.74, 6) is -0.540. The van der Waals surface area contributed by atoms with Crippen LogP contribution in [0.1, 0.15) is 115 Å². The first kappa shape index (κ1) is 33.2. The van der Waals surface area contributed by atoms with Crippen molar-refractivity contribution in [2.24, 2.45) is 0 Å². The molecule has 0 aliphatic heterocycles. The Bertz CT molecular complexity index is 859. The summed E-state index contributed by atoms with van der Waals surface area (Å²) in [6.07, 6.45) is 29.9. The Morgan fingerprint density at radius 3 is 1.74 bits per heavy atom. The van der Waals surface area contributed by atoms with E-state index in [9.17, 15) is 10.1 Å². The van der Waals surface area contributed by atoms with Gasteiger partial charge in [0.2, 0.25) is 0 Å². The molecule has 0 aliphatic rings. The van der Waals surface area contributed by atoms with Crippen LogP contribution in [0.3, 0.4) is 0 Å². The van der Waals surface area contributed by atoms with Crippen LogP contribution in [0.15, 0.2) is 54.1 Å². The van der Waals surface area contributed by atoms with Crippen molar-refractivity contribution in [3.63, 3.8) is 0 Å². The van der Waals surface area contributed by atoms with Gasteiger partial charge >= 0.3 is 5.97 Å². The monoisotopic (exact) mass is 520 g/mol. The molecular weight excluding hydrogens is 468 g/mol. The van der Waals surface area contributed by atoms with E-state index in [0.717, 1.165) is 24.1 Å². The molecule has 0 saturated heterocycles. The number of esters is 1. The summed E-state index contributed by atoms with van der Waals surface area (Å²) in [6, 6.07) is 10.2. The quantitative estimate of drug-likeness (QED) is 0.0502. The van der Waals surface area contributed by atoms with E-state index >= 15 is 0 Å². The second kappa shape index (κ2) is 23.3. The zero-order chi connectivity index (χ0) is 27.7. The van der Waals surface area contributed by atoms with Gasteiger partial charge < -0.3 is 9.64 Å². The van der Waals surface area contributed by atoms with E-state index in [1.807, 2.05) is 44.4 Å². The Morgan fingerprint density at radius 1 is 0.763 bits per heavy atom. The largest absolute Gasteiger partial charge is 0.462 e. The zero-order valence-corrected chi connectivity index (χ0v) is 24.4. The van der Waals surface area contributed by atoms with Crippen LogP contribution < -0.4 is 4.90 Å². The number of nitrogens with zero attached hydrogens (tertiary/aromatic N) is 2. The lowest BCUT2D eigenvalue weighted by atomic mass is 10.0. The highest BCUT2D eigenvalue weighted by atomic mass is 16.5. The molecule has 1 aromatic rings. The van der Waals surface area contributed by atoms with E-state index in [4.69, 9.17) is 4.74 Å². The molecule has 0 unspecified atom stereocenters. The second-order valence-electron chi connectivity index (χ2n) is 10.4. The van der Waals surface area contributed by atoms with E-state index < -0.39 is 5.97 Å². The van der Waals surface area contributed by atoms with Gasteiger partial charge in [0.25, 0.3) is 0 Å². The Morgan fingerprint density at radius 2 is 1.26 bits per heavy atom. The van der Waals surface area contributed by atoms with Gasteiger partial charge in [-0.3, -0.25) is 0 Å². The summed E-state index contributed by atoms with van der Waals surface area (Å²) in [7, 11) is 4.03. The minimum atomic E-state index is -0.540. The van der Waals surface area contributed by atoms with Crippen LogP contribution in [0, 0.1) is 11.3 Å². The van der Waals surface area contributed by atoms with Crippen molar-refractivity contribution in [1.82, 2.24) is 0 Å². The number of carbonyl (C=O) groups excluding carboxylic acids is 1.